The molecule has 1 N–H and O–H groups in total. The maximum Gasteiger partial charge on any atom is 0.338 e. The predicted octanol–water partition coefficient (Wildman–Crippen LogP) is 0.546. The number of esters is 1. The number of ether oxygens (including phenoxy) is 4. The number of quaternary nitrogens is 1. The standard InChI is InChI=1S/C17H23NO5/c1-20-13-8-12(9-14(21-2)16(13)22-3)17(19)23-15-10-18-6-4-11(15)5-7-18/h8-9,11,15H,4-7,10H2,1-3H3/p+1/t15-/m0/s1. The zero-order valence-corrected chi connectivity index (χ0v) is 13.9. The van der Waals surface area contributed by atoms with Crippen LogP contribution in [0.2, 0.25) is 0 Å². The number of nitrogens with one attached hydrogen (secondary N) is 1. The molecule has 0 saturated carbocycles. The molecule has 0 aromatic heterocycles. The Kier molecular flexibility index (Phi) is 4.61. The van der Waals surface area contributed by atoms with E-state index in [0.29, 0.717) is 28.7 Å². The molecule has 23 heavy (non-hydrogen) atoms. The van der Waals surface area contributed by atoms with Crippen LogP contribution >= 0.6 is 0 Å². The first kappa shape index (κ1) is 15.9. The largest absolute Gasteiger partial charge is 0.493 e. The van der Waals surface area contributed by atoms with E-state index in [1.807, 2.05) is 0 Å². The first-order chi connectivity index (χ1) is 11.2. The summed E-state index contributed by atoms with van der Waals surface area (Å²) >= 11 is 0. The van der Waals surface area contributed by atoms with Crippen molar-refractivity contribution in [3.8, 4) is 17.2 Å². The Labute approximate surface area is 136 Å². The summed E-state index contributed by atoms with van der Waals surface area (Å²) in [6, 6.07) is 3.27. The van der Waals surface area contributed by atoms with Gasteiger partial charge in [-0.3, -0.25) is 0 Å². The monoisotopic (exact) mass is 322 g/mol. The van der Waals surface area contributed by atoms with Crippen LogP contribution in [0.4, 0.5) is 0 Å². The summed E-state index contributed by atoms with van der Waals surface area (Å²) in [7, 11) is 4.60. The van der Waals surface area contributed by atoms with Crippen LogP contribution in [0.25, 0.3) is 0 Å². The lowest BCUT2D eigenvalue weighted by Crippen LogP contribution is -3.16. The van der Waals surface area contributed by atoms with E-state index >= 15 is 0 Å². The van der Waals surface area contributed by atoms with Gasteiger partial charge in [-0.05, 0) is 12.1 Å². The molecule has 2 bridgehead atoms. The van der Waals surface area contributed by atoms with Crippen molar-refractivity contribution in [1.29, 1.82) is 0 Å². The maximum absolute atomic E-state index is 12.5. The Bertz CT molecular complexity index is 555. The van der Waals surface area contributed by atoms with Gasteiger partial charge >= 0.3 is 5.97 Å². The van der Waals surface area contributed by atoms with Crippen molar-refractivity contribution in [2.24, 2.45) is 5.92 Å². The lowest BCUT2D eigenvalue weighted by molar-refractivity contribution is -0.920. The fraction of sp³-hybridized carbons (Fsp3) is 0.588. The van der Waals surface area contributed by atoms with Crippen molar-refractivity contribution >= 4 is 5.97 Å². The van der Waals surface area contributed by atoms with Crippen molar-refractivity contribution in [1.82, 2.24) is 0 Å². The molecular formula is C17H24NO5+. The number of hydrogen-bond donors (Lipinski definition) is 1. The van der Waals surface area contributed by atoms with E-state index in [1.165, 1.54) is 39.3 Å². The molecule has 3 fully saturated rings. The van der Waals surface area contributed by atoms with E-state index < -0.39 is 0 Å². The van der Waals surface area contributed by atoms with Gasteiger partial charge in [0.1, 0.15) is 6.54 Å². The van der Waals surface area contributed by atoms with Crippen molar-refractivity contribution < 1.29 is 28.6 Å². The minimum atomic E-state index is -0.331. The first-order valence-electron chi connectivity index (χ1n) is 8.00. The number of carbonyl (C=O) groups excluding carboxylic acids is 1. The normalized spacial score (nSPS) is 25.8. The highest BCUT2D eigenvalue weighted by Gasteiger charge is 2.39. The highest BCUT2D eigenvalue weighted by Crippen LogP contribution is 2.38. The number of rotatable bonds is 5. The SMILES string of the molecule is COc1cc(C(=O)O[C@H]2C[NH+]3CCC2CC3)cc(OC)c1OC. The maximum atomic E-state index is 12.5. The summed E-state index contributed by atoms with van der Waals surface area (Å²) in [6.45, 7) is 3.31. The summed E-state index contributed by atoms with van der Waals surface area (Å²) in [4.78, 5) is 14.1. The molecule has 1 aromatic rings. The van der Waals surface area contributed by atoms with Crippen LogP contribution in [0.5, 0.6) is 17.2 Å². The number of hydrogen-bond acceptors (Lipinski definition) is 5. The van der Waals surface area contributed by atoms with Gasteiger partial charge in [0.05, 0.1) is 40.0 Å². The van der Waals surface area contributed by atoms with E-state index in [9.17, 15) is 4.79 Å². The van der Waals surface area contributed by atoms with Crippen molar-refractivity contribution in [2.75, 3.05) is 41.0 Å². The summed E-state index contributed by atoms with van der Waals surface area (Å²) in [5.41, 5.74) is 0.422. The smallest absolute Gasteiger partial charge is 0.338 e. The molecular weight excluding hydrogens is 298 g/mol. The third-order valence-electron chi connectivity index (χ3n) is 4.91. The molecule has 1 aromatic carbocycles. The highest BCUT2D eigenvalue weighted by molar-refractivity contribution is 5.91. The second-order valence-corrected chi connectivity index (χ2v) is 6.15. The summed E-state index contributed by atoms with van der Waals surface area (Å²) in [5, 5.41) is 0. The molecule has 3 heterocycles. The van der Waals surface area contributed by atoms with Crippen LogP contribution in [0, 0.1) is 5.92 Å². The molecule has 6 heteroatoms. The average molecular weight is 322 g/mol. The Morgan fingerprint density at radius 3 is 2.09 bits per heavy atom. The number of piperidine rings is 3. The quantitative estimate of drug-likeness (QED) is 0.802. The zero-order chi connectivity index (χ0) is 16.4. The van der Waals surface area contributed by atoms with E-state index in [4.69, 9.17) is 18.9 Å². The lowest BCUT2D eigenvalue weighted by atomic mass is 9.86. The van der Waals surface area contributed by atoms with Crippen molar-refractivity contribution in [3.63, 3.8) is 0 Å². The van der Waals surface area contributed by atoms with E-state index in [0.717, 1.165) is 19.4 Å². The fourth-order valence-electron chi connectivity index (χ4n) is 3.62. The van der Waals surface area contributed by atoms with Gasteiger partial charge in [0.2, 0.25) is 5.75 Å². The van der Waals surface area contributed by atoms with Gasteiger partial charge in [0.15, 0.2) is 17.6 Å². The predicted molar refractivity (Wildman–Crippen MR) is 83.6 cm³/mol. The summed E-state index contributed by atoms with van der Waals surface area (Å²) in [5.74, 6) is 1.55. The summed E-state index contributed by atoms with van der Waals surface area (Å²) in [6.07, 6.45) is 2.30. The topological polar surface area (TPSA) is 58.4 Å². The molecule has 0 aliphatic carbocycles. The van der Waals surface area contributed by atoms with Gasteiger partial charge in [-0.25, -0.2) is 4.79 Å². The van der Waals surface area contributed by atoms with Gasteiger partial charge in [-0.15, -0.1) is 0 Å². The van der Waals surface area contributed by atoms with Gasteiger partial charge in [0, 0.05) is 18.8 Å². The van der Waals surface area contributed by atoms with Gasteiger partial charge < -0.3 is 23.8 Å². The molecule has 0 amide bonds. The van der Waals surface area contributed by atoms with Crippen LogP contribution in [0.3, 0.4) is 0 Å². The van der Waals surface area contributed by atoms with Crippen molar-refractivity contribution in [3.05, 3.63) is 17.7 Å². The molecule has 4 rings (SSSR count). The molecule has 3 aliphatic heterocycles. The third-order valence-corrected chi connectivity index (χ3v) is 4.91. The number of benzene rings is 1. The number of methoxy groups -OCH3 is 3. The highest BCUT2D eigenvalue weighted by atomic mass is 16.5. The zero-order valence-electron chi connectivity index (χ0n) is 13.9. The van der Waals surface area contributed by atoms with Crippen molar-refractivity contribution in [2.45, 2.75) is 18.9 Å². The molecule has 1 atom stereocenters. The van der Waals surface area contributed by atoms with E-state index in [-0.39, 0.29) is 12.1 Å². The van der Waals surface area contributed by atoms with Crippen LogP contribution in [-0.2, 0) is 4.74 Å². The minimum Gasteiger partial charge on any atom is -0.493 e. The lowest BCUT2D eigenvalue weighted by Gasteiger charge is -2.41. The molecule has 6 nitrogen and oxygen atoms in total. The minimum absolute atomic E-state index is 0.0130. The number of carbonyl (C=O) groups is 1. The molecule has 3 saturated heterocycles. The Hall–Kier alpha value is -1.95. The molecule has 0 unspecified atom stereocenters. The fourth-order valence-corrected chi connectivity index (χ4v) is 3.62. The Morgan fingerprint density at radius 2 is 1.65 bits per heavy atom. The molecule has 3 aliphatic rings. The second-order valence-electron chi connectivity index (χ2n) is 6.15. The Morgan fingerprint density at radius 1 is 1.04 bits per heavy atom. The Balaban J connectivity index is 1.79. The van der Waals surface area contributed by atoms with Gasteiger partial charge in [0.25, 0.3) is 0 Å². The van der Waals surface area contributed by atoms with Crippen LogP contribution in [-0.4, -0.2) is 53.0 Å². The van der Waals surface area contributed by atoms with Crippen LogP contribution in [0.15, 0.2) is 12.1 Å². The van der Waals surface area contributed by atoms with E-state index in [1.54, 1.807) is 12.1 Å². The molecule has 0 radical (unpaired) electrons. The van der Waals surface area contributed by atoms with Gasteiger partial charge in [-0.1, -0.05) is 0 Å². The third kappa shape index (κ3) is 3.08. The first-order valence-corrected chi connectivity index (χ1v) is 8.00. The second kappa shape index (κ2) is 6.66. The molecule has 126 valence electrons. The summed E-state index contributed by atoms with van der Waals surface area (Å²) < 4.78 is 21.6. The average Bonchev–Trinajstić information content (AvgIpc) is 2.61. The van der Waals surface area contributed by atoms with Crippen LogP contribution < -0.4 is 19.1 Å². The number of fused-ring (bicyclic) bond motifs is 3. The van der Waals surface area contributed by atoms with E-state index in [2.05, 4.69) is 0 Å². The van der Waals surface area contributed by atoms with Crippen LogP contribution in [0.1, 0.15) is 23.2 Å². The molecule has 0 spiro atoms. The van der Waals surface area contributed by atoms with Gasteiger partial charge in [-0.2, -0.15) is 0 Å².